The predicted octanol–water partition coefficient (Wildman–Crippen LogP) is 6.32. The number of aromatic amines is 1. The lowest BCUT2D eigenvalue weighted by atomic mass is 9.85. The summed E-state index contributed by atoms with van der Waals surface area (Å²) in [4.78, 5) is 29.4. The lowest BCUT2D eigenvalue weighted by Crippen LogP contribution is -2.26. The lowest BCUT2D eigenvalue weighted by Gasteiger charge is -2.20. The molecule has 216 valence electrons. The van der Waals surface area contributed by atoms with Gasteiger partial charge in [-0.1, -0.05) is 42.5 Å². The number of nitrogens with one attached hydrogen (secondary N) is 2. The zero-order valence-electron chi connectivity index (χ0n) is 22.7. The Morgan fingerprint density at radius 3 is 2.43 bits per heavy atom. The van der Waals surface area contributed by atoms with Gasteiger partial charge in [0, 0.05) is 29.2 Å². The van der Waals surface area contributed by atoms with E-state index < -0.39 is 23.3 Å². The van der Waals surface area contributed by atoms with Crippen molar-refractivity contribution in [2.75, 3.05) is 13.7 Å². The Morgan fingerprint density at radius 1 is 1.05 bits per heavy atom. The third kappa shape index (κ3) is 5.60. The molecule has 0 fully saturated rings. The molecule has 7 nitrogen and oxygen atoms in total. The smallest absolute Gasteiger partial charge is 0.416 e. The highest BCUT2D eigenvalue weighted by Crippen LogP contribution is 2.40. The molecule has 5 rings (SSSR count). The molecule has 42 heavy (non-hydrogen) atoms. The maximum absolute atomic E-state index is 13.4. The number of halogens is 3. The zero-order valence-corrected chi connectivity index (χ0v) is 22.7. The Labute approximate surface area is 238 Å². The summed E-state index contributed by atoms with van der Waals surface area (Å²) in [5.74, 6) is -1.08. The molecule has 0 saturated heterocycles. The maximum Gasteiger partial charge on any atom is 0.416 e. The number of ether oxygens (including phenoxy) is 1. The van der Waals surface area contributed by atoms with E-state index in [4.69, 9.17) is 9.15 Å². The number of carbonyl (C=O) groups excluding carboxylic acids is 1. The second kappa shape index (κ2) is 11.5. The van der Waals surface area contributed by atoms with Gasteiger partial charge >= 0.3 is 11.8 Å². The maximum atomic E-state index is 13.4. The van der Waals surface area contributed by atoms with Crippen LogP contribution in [0, 0.1) is 6.92 Å². The molecule has 3 N–H and O–H groups in total. The first-order valence-electron chi connectivity index (χ1n) is 13.1. The van der Waals surface area contributed by atoms with Crippen LogP contribution in [0.2, 0.25) is 0 Å². The summed E-state index contributed by atoms with van der Waals surface area (Å²) in [6.07, 6.45) is -4.25. The number of rotatable bonds is 8. The molecule has 0 bridgehead atoms. The first-order chi connectivity index (χ1) is 20.1. The SMILES string of the molecule is COc1ccccc1C(=O)NCCc1c(C(c2ccc(C(F)(F)F)cc2)c2c(O)cc(C)oc2=O)[nH]c2ccccc12. The number of methoxy groups -OCH3 is 1. The molecule has 0 radical (unpaired) electrons. The van der Waals surface area contributed by atoms with Gasteiger partial charge in [0.05, 0.1) is 29.7 Å². The highest BCUT2D eigenvalue weighted by atomic mass is 19.4. The number of carbonyl (C=O) groups is 1. The van der Waals surface area contributed by atoms with Crippen LogP contribution in [0.25, 0.3) is 10.9 Å². The van der Waals surface area contributed by atoms with Crippen LogP contribution >= 0.6 is 0 Å². The van der Waals surface area contributed by atoms with E-state index in [0.29, 0.717) is 34.5 Å². The van der Waals surface area contributed by atoms with Crippen LogP contribution in [0.1, 0.15) is 50.0 Å². The molecule has 2 aromatic heterocycles. The molecule has 0 spiro atoms. The summed E-state index contributed by atoms with van der Waals surface area (Å²) in [6, 6.07) is 19.9. The van der Waals surface area contributed by atoms with Crippen molar-refractivity contribution < 1.29 is 32.2 Å². The van der Waals surface area contributed by atoms with E-state index in [1.165, 1.54) is 32.2 Å². The standard InChI is InChI=1S/C32H27F3N2O5/c1-18-17-25(38)28(31(40)42-18)27(19-11-13-20(14-12-19)32(33,34)35)29-22(21-7-3-5-9-24(21)37-29)15-16-36-30(39)23-8-4-6-10-26(23)41-2/h3-14,17,27,37-38H,15-16H2,1-2H3,(H,36,39). The number of aromatic hydroxyl groups is 1. The largest absolute Gasteiger partial charge is 0.507 e. The first-order valence-corrected chi connectivity index (χ1v) is 13.1. The molecule has 5 aromatic rings. The van der Waals surface area contributed by atoms with E-state index in [-0.39, 0.29) is 29.5 Å². The molecule has 1 unspecified atom stereocenters. The average Bonchev–Trinajstić information content (AvgIpc) is 3.32. The number of alkyl halides is 3. The van der Waals surface area contributed by atoms with Gasteiger partial charge in [0.2, 0.25) is 0 Å². The summed E-state index contributed by atoms with van der Waals surface area (Å²) >= 11 is 0. The lowest BCUT2D eigenvalue weighted by molar-refractivity contribution is -0.137. The van der Waals surface area contributed by atoms with Gasteiger partial charge in [-0.2, -0.15) is 13.2 Å². The van der Waals surface area contributed by atoms with Crippen molar-refractivity contribution in [1.29, 1.82) is 0 Å². The summed E-state index contributed by atoms with van der Waals surface area (Å²) in [6.45, 7) is 1.71. The molecule has 10 heteroatoms. The van der Waals surface area contributed by atoms with E-state index in [1.54, 1.807) is 24.3 Å². The molecule has 1 atom stereocenters. The van der Waals surface area contributed by atoms with Crippen LogP contribution in [0.5, 0.6) is 11.5 Å². The van der Waals surface area contributed by atoms with Gasteiger partial charge in [0.15, 0.2) is 0 Å². The van der Waals surface area contributed by atoms with Crippen LogP contribution in [-0.2, 0) is 12.6 Å². The van der Waals surface area contributed by atoms with Crippen LogP contribution in [0.3, 0.4) is 0 Å². The third-order valence-corrected chi connectivity index (χ3v) is 7.10. The van der Waals surface area contributed by atoms with Crippen molar-refractivity contribution in [2.24, 2.45) is 0 Å². The minimum Gasteiger partial charge on any atom is -0.507 e. The number of amides is 1. The highest BCUT2D eigenvalue weighted by molar-refractivity contribution is 5.97. The quantitative estimate of drug-likeness (QED) is 0.201. The molecule has 3 aromatic carbocycles. The second-order valence-corrected chi connectivity index (χ2v) is 9.77. The summed E-state index contributed by atoms with van der Waals surface area (Å²) in [7, 11) is 1.47. The molecule has 0 aliphatic rings. The monoisotopic (exact) mass is 576 g/mol. The minimum absolute atomic E-state index is 0.119. The van der Waals surface area contributed by atoms with Crippen molar-refractivity contribution in [1.82, 2.24) is 10.3 Å². The van der Waals surface area contributed by atoms with E-state index in [2.05, 4.69) is 10.3 Å². The summed E-state index contributed by atoms with van der Waals surface area (Å²) in [5.41, 5.74) is 0.832. The Hall–Kier alpha value is -4.99. The van der Waals surface area contributed by atoms with Crippen LogP contribution in [0.4, 0.5) is 13.2 Å². The molecule has 0 aliphatic heterocycles. The number of aromatic nitrogens is 1. The fraction of sp³-hybridized carbons (Fsp3) is 0.188. The Balaban J connectivity index is 1.60. The highest BCUT2D eigenvalue weighted by Gasteiger charge is 2.33. The van der Waals surface area contributed by atoms with Crippen LogP contribution < -0.4 is 15.7 Å². The van der Waals surface area contributed by atoms with Crippen molar-refractivity contribution >= 4 is 16.8 Å². The number of hydrogen-bond acceptors (Lipinski definition) is 5. The molecule has 0 saturated carbocycles. The number of H-pyrrole nitrogens is 1. The number of fused-ring (bicyclic) bond motifs is 1. The summed E-state index contributed by atoms with van der Waals surface area (Å²) < 4.78 is 50.7. The number of benzene rings is 3. The van der Waals surface area contributed by atoms with Gasteiger partial charge in [0.25, 0.3) is 5.91 Å². The molecule has 2 heterocycles. The molecular formula is C32H27F3N2O5. The molecule has 0 aliphatic carbocycles. The van der Waals surface area contributed by atoms with E-state index in [0.717, 1.165) is 23.1 Å². The predicted molar refractivity (Wildman–Crippen MR) is 151 cm³/mol. The van der Waals surface area contributed by atoms with Gasteiger partial charge in [-0.25, -0.2) is 4.79 Å². The minimum atomic E-state index is -4.55. The van der Waals surface area contributed by atoms with Crippen LogP contribution in [-0.4, -0.2) is 29.7 Å². The first kappa shape index (κ1) is 28.5. The van der Waals surface area contributed by atoms with Gasteiger partial charge in [-0.15, -0.1) is 0 Å². The zero-order chi connectivity index (χ0) is 30.0. The van der Waals surface area contributed by atoms with E-state index >= 15 is 0 Å². The Bertz CT molecular complexity index is 1810. The number of hydrogen-bond donors (Lipinski definition) is 3. The third-order valence-electron chi connectivity index (χ3n) is 7.10. The number of para-hydroxylation sites is 2. The topological polar surface area (TPSA) is 105 Å². The van der Waals surface area contributed by atoms with Gasteiger partial charge in [0.1, 0.15) is 17.3 Å². The van der Waals surface area contributed by atoms with E-state index in [9.17, 15) is 27.9 Å². The Kier molecular flexibility index (Phi) is 7.80. The second-order valence-electron chi connectivity index (χ2n) is 9.77. The molecular weight excluding hydrogens is 549 g/mol. The van der Waals surface area contributed by atoms with Gasteiger partial charge in [-0.3, -0.25) is 4.79 Å². The van der Waals surface area contributed by atoms with Crippen molar-refractivity contribution in [3.05, 3.63) is 129 Å². The van der Waals surface area contributed by atoms with Gasteiger partial charge < -0.3 is 24.6 Å². The van der Waals surface area contributed by atoms with Crippen molar-refractivity contribution in [3.8, 4) is 11.5 Å². The number of aryl methyl sites for hydroxylation is 1. The van der Waals surface area contributed by atoms with Crippen molar-refractivity contribution in [3.63, 3.8) is 0 Å². The fourth-order valence-corrected chi connectivity index (χ4v) is 5.18. The Morgan fingerprint density at radius 2 is 1.74 bits per heavy atom. The van der Waals surface area contributed by atoms with Crippen molar-refractivity contribution in [2.45, 2.75) is 25.4 Å². The normalized spacial score (nSPS) is 12.3. The van der Waals surface area contributed by atoms with Crippen LogP contribution in [0.15, 0.2) is 88.1 Å². The average molecular weight is 577 g/mol. The summed E-state index contributed by atoms with van der Waals surface area (Å²) in [5, 5.41) is 14.6. The van der Waals surface area contributed by atoms with E-state index in [1.807, 2.05) is 24.3 Å². The fourth-order valence-electron chi connectivity index (χ4n) is 5.18. The molecule has 1 amide bonds. The van der Waals surface area contributed by atoms with Gasteiger partial charge in [-0.05, 0) is 54.8 Å².